The van der Waals surface area contributed by atoms with Crippen molar-refractivity contribution < 1.29 is 13.2 Å². The van der Waals surface area contributed by atoms with Crippen LogP contribution in [0.25, 0.3) is 0 Å². The second kappa shape index (κ2) is 11.9. The van der Waals surface area contributed by atoms with Crippen LogP contribution in [0.4, 0.5) is 0 Å². The number of hydrogen-bond acceptors (Lipinski definition) is 4. The molecule has 0 aromatic heterocycles. The third-order valence-electron chi connectivity index (χ3n) is 4.15. The van der Waals surface area contributed by atoms with Gasteiger partial charge in [0.05, 0.1) is 11.5 Å². The summed E-state index contributed by atoms with van der Waals surface area (Å²) in [5.41, 5.74) is 1.82. The number of ether oxygens (including phenoxy) is 1. The molecule has 2 aromatic rings. The van der Waals surface area contributed by atoms with Crippen LogP contribution < -0.4 is 15.4 Å². The standard InChI is InChI=1S/C22H29N3O3S/c1-3-15-28-21-13-8-7-12-20(21)17-25-22(23-2)24-14-9-16-29(26,27)18-19-10-5-4-6-11-19/h3-8,10-13H,1,9,14-18H2,2H3,(H2,23,24,25). The van der Waals surface area contributed by atoms with Crippen LogP contribution in [0.3, 0.4) is 0 Å². The molecule has 0 aliphatic carbocycles. The second-order valence-corrected chi connectivity index (χ2v) is 8.68. The van der Waals surface area contributed by atoms with E-state index in [4.69, 9.17) is 4.74 Å². The van der Waals surface area contributed by atoms with E-state index in [-0.39, 0.29) is 11.5 Å². The number of benzene rings is 2. The molecule has 0 heterocycles. The summed E-state index contributed by atoms with van der Waals surface area (Å²) >= 11 is 0. The Morgan fingerprint density at radius 3 is 2.55 bits per heavy atom. The van der Waals surface area contributed by atoms with Crippen LogP contribution in [0.15, 0.2) is 72.2 Å². The van der Waals surface area contributed by atoms with Crippen LogP contribution in [0.2, 0.25) is 0 Å². The van der Waals surface area contributed by atoms with Gasteiger partial charge in [-0.05, 0) is 18.1 Å². The summed E-state index contributed by atoms with van der Waals surface area (Å²) in [6.45, 7) is 5.17. The Labute approximate surface area is 173 Å². The predicted octanol–water partition coefficient (Wildman–Crippen LogP) is 2.92. The molecule has 0 unspecified atom stereocenters. The maximum absolute atomic E-state index is 12.3. The topological polar surface area (TPSA) is 79.8 Å². The van der Waals surface area contributed by atoms with Crippen molar-refractivity contribution in [1.29, 1.82) is 0 Å². The fourth-order valence-electron chi connectivity index (χ4n) is 2.74. The Morgan fingerprint density at radius 1 is 1.10 bits per heavy atom. The molecule has 0 aliphatic heterocycles. The van der Waals surface area contributed by atoms with Gasteiger partial charge in [0.15, 0.2) is 15.8 Å². The fourth-order valence-corrected chi connectivity index (χ4v) is 4.17. The Kier molecular flexibility index (Phi) is 9.24. The molecule has 2 rings (SSSR count). The van der Waals surface area contributed by atoms with Gasteiger partial charge in [-0.3, -0.25) is 4.99 Å². The Hall–Kier alpha value is -2.80. The van der Waals surface area contributed by atoms with E-state index in [0.717, 1.165) is 16.9 Å². The van der Waals surface area contributed by atoms with E-state index in [0.29, 0.717) is 32.1 Å². The Balaban J connectivity index is 1.76. The molecule has 0 atom stereocenters. The molecular formula is C22H29N3O3S. The van der Waals surface area contributed by atoms with Gasteiger partial charge in [-0.25, -0.2) is 8.42 Å². The molecule has 0 saturated carbocycles. The first-order valence-electron chi connectivity index (χ1n) is 9.54. The minimum absolute atomic E-state index is 0.0717. The molecule has 0 saturated heterocycles. The smallest absolute Gasteiger partial charge is 0.191 e. The van der Waals surface area contributed by atoms with E-state index < -0.39 is 9.84 Å². The highest BCUT2D eigenvalue weighted by Gasteiger charge is 2.11. The summed E-state index contributed by atoms with van der Waals surface area (Å²) in [5.74, 6) is 1.61. The van der Waals surface area contributed by atoms with Crippen molar-refractivity contribution in [1.82, 2.24) is 10.6 Å². The maximum atomic E-state index is 12.3. The van der Waals surface area contributed by atoms with Crippen molar-refractivity contribution in [2.75, 3.05) is 26.0 Å². The van der Waals surface area contributed by atoms with Crippen LogP contribution in [-0.4, -0.2) is 40.3 Å². The average Bonchev–Trinajstić information content (AvgIpc) is 2.72. The average molecular weight is 416 g/mol. The minimum atomic E-state index is -3.13. The van der Waals surface area contributed by atoms with Gasteiger partial charge in [0.2, 0.25) is 0 Å². The van der Waals surface area contributed by atoms with E-state index in [2.05, 4.69) is 22.2 Å². The molecule has 0 aliphatic rings. The van der Waals surface area contributed by atoms with E-state index in [1.807, 2.05) is 54.6 Å². The van der Waals surface area contributed by atoms with Crippen molar-refractivity contribution in [2.45, 2.75) is 18.7 Å². The molecule has 156 valence electrons. The lowest BCUT2D eigenvalue weighted by Crippen LogP contribution is -2.37. The van der Waals surface area contributed by atoms with Crippen molar-refractivity contribution >= 4 is 15.8 Å². The van der Waals surface area contributed by atoms with Crippen LogP contribution in [0.5, 0.6) is 5.75 Å². The minimum Gasteiger partial charge on any atom is -0.489 e. The molecule has 0 spiro atoms. The number of rotatable bonds is 11. The first-order chi connectivity index (χ1) is 14.0. The zero-order valence-electron chi connectivity index (χ0n) is 16.8. The van der Waals surface area contributed by atoms with Gasteiger partial charge in [0.1, 0.15) is 12.4 Å². The molecule has 0 fully saturated rings. The molecule has 7 heteroatoms. The maximum Gasteiger partial charge on any atom is 0.191 e. The number of aliphatic imine (C=N–C) groups is 1. The highest BCUT2D eigenvalue weighted by atomic mass is 32.2. The number of para-hydroxylation sites is 1. The van der Waals surface area contributed by atoms with Gasteiger partial charge in [-0.15, -0.1) is 0 Å². The quantitative estimate of drug-likeness (QED) is 0.255. The first-order valence-corrected chi connectivity index (χ1v) is 11.4. The van der Waals surface area contributed by atoms with E-state index in [1.54, 1.807) is 13.1 Å². The van der Waals surface area contributed by atoms with E-state index in [1.165, 1.54) is 0 Å². The SMILES string of the molecule is C=CCOc1ccccc1CNC(=NC)NCCCS(=O)(=O)Cc1ccccc1. The van der Waals surface area contributed by atoms with Crippen molar-refractivity contribution in [3.05, 3.63) is 78.4 Å². The largest absolute Gasteiger partial charge is 0.489 e. The fraction of sp³-hybridized carbons (Fsp3) is 0.318. The summed E-state index contributed by atoms with van der Waals surface area (Å²) in [5, 5.41) is 6.38. The Morgan fingerprint density at radius 2 is 1.83 bits per heavy atom. The lowest BCUT2D eigenvalue weighted by molar-refractivity contribution is 0.358. The van der Waals surface area contributed by atoms with Gasteiger partial charge in [0.25, 0.3) is 0 Å². The molecule has 0 radical (unpaired) electrons. The van der Waals surface area contributed by atoms with Crippen LogP contribution >= 0.6 is 0 Å². The molecule has 29 heavy (non-hydrogen) atoms. The van der Waals surface area contributed by atoms with Crippen molar-refractivity contribution in [3.63, 3.8) is 0 Å². The van der Waals surface area contributed by atoms with Gasteiger partial charge in [-0.2, -0.15) is 0 Å². The molecule has 6 nitrogen and oxygen atoms in total. The summed E-state index contributed by atoms with van der Waals surface area (Å²) in [4.78, 5) is 4.18. The molecule has 2 aromatic carbocycles. The van der Waals surface area contributed by atoms with Crippen LogP contribution in [0.1, 0.15) is 17.5 Å². The first kappa shape index (κ1) is 22.5. The number of nitrogens with zero attached hydrogens (tertiary/aromatic N) is 1. The lowest BCUT2D eigenvalue weighted by atomic mass is 10.2. The zero-order valence-corrected chi connectivity index (χ0v) is 17.6. The van der Waals surface area contributed by atoms with Gasteiger partial charge in [-0.1, -0.05) is 61.2 Å². The van der Waals surface area contributed by atoms with Crippen molar-refractivity contribution in [2.24, 2.45) is 4.99 Å². The van der Waals surface area contributed by atoms with Crippen LogP contribution in [0, 0.1) is 0 Å². The summed E-state index contributed by atoms with van der Waals surface area (Å²) in [6, 6.07) is 17.0. The van der Waals surface area contributed by atoms with Crippen LogP contribution in [-0.2, 0) is 22.1 Å². The monoisotopic (exact) mass is 415 g/mol. The van der Waals surface area contributed by atoms with E-state index >= 15 is 0 Å². The normalized spacial score (nSPS) is 11.7. The Bertz CT molecular complexity index is 897. The molecular weight excluding hydrogens is 386 g/mol. The lowest BCUT2D eigenvalue weighted by Gasteiger charge is -2.14. The third kappa shape index (κ3) is 8.39. The zero-order chi connectivity index (χ0) is 21.0. The van der Waals surface area contributed by atoms with Gasteiger partial charge in [0, 0.05) is 25.7 Å². The molecule has 0 amide bonds. The van der Waals surface area contributed by atoms with Gasteiger partial charge < -0.3 is 15.4 Å². The number of sulfone groups is 1. The highest BCUT2D eigenvalue weighted by Crippen LogP contribution is 2.17. The third-order valence-corrected chi connectivity index (χ3v) is 5.84. The van der Waals surface area contributed by atoms with E-state index in [9.17, 15) is 8.42 Å². The molecule has 0 bridgehead atoms. The highest BCUT2D eigenvalue weighted by molar-refractivity contribution is 7.90. The predicted molar refractivity (Wildman–Crippen MR) is 119 cm³/mol. The number of nitrogens with one attached hydrogen (secondary N) is 2. The molecule has 2 N–H and O–H groups in total. The number of guanidine groups is 1. The summed E-state index contributed by atoms with van der Waals surface area (Å²) in [6.07, 6.45) is 2.21. The summed E-state index contributed by atoms with van der Waals surface area (Å²) < 4.78 is 30.2. The second-order valence-electron chi connectivity index (χ2n) is 6.49. The summed E-state index contributed by atoms with van der Waals surface area (Å²) in [7, 11) is -1.45. The van der Waals surface area contributed by atoms with Crippen molar-refractivity contribution in [3.8, 4) is 5.75 Å². The number of hydrogen-bond donors (Lipinski definition) is 2. The van der Waals surface area contributed by atoms with Gasteiger partial charge >= 0.3 is 0 Å².